The first kappa shape index (κ1) is 14.1. The molecule has 20 heavy (non-hydrogen) atoms. The van der Waals surface area contributed by atoms with E-state index in [-0.39, 0.29) is 16.3 Å². The van der Waals surface area contributed by atoms with E-state index in [9.17, 15) is 13.2 Å². The smallest absolute Gasteiger partial charge is 0.262 e. The second kappa shape index (κ2) is 5.34. The van der Waals surface area contributed by atoms with Crippen molar-refractivity contribution in [3.05, 3.63) is 64.3 Å². The van der Waals surface area contributed by atoms with Gasteiger partial charge in [-0.3, -0.25) is 9.52 Å². The first-order valence-electron chi connectivity index (χ1n) is 5.88. The Labute approximate surface area is 117 Å². The van der Waals surface area contributed by atoms with Crippen LogP contribution in [0.2, 0.25) is 0 Å². The molecule has 0 spiro atoms. The van der Waals surface area contributed by atoms with E-state index in [0.717, 1.165) is 5.56 Å². The molecule has 3 N–H and O–H groups in total. The lowest BCUT2D eigenvalue weighted by molar-refractivity contribution is 0.601. The molecule has 0 amide bonds. The molecule has 6 heteroatoms. The topological polar surface area (TPSA) is 89.3 Å². The maximum atomic E-state index is 12.2. The molecular weight excluding hydrogens is 276 g/mol. The van der Waals surface area contributed by atoms with Crippen LogP contribution in [0.4, 0.5) is 11.4 Å². The third-order valence-electron chi connectivity index (χ3n) is 2.73. The molecule has 0 radical (unpaired) electrons. The van der Waals surface area contributed by atoms with Crippen LogP contribution in [0.25, 0.3) is 0 Å². The summed E-state index contributed by atoms with van der Waals surface area (Å²) in [5, 5.41) is 0. The van der Waals surface area contributed by atoms with Crippen molar-refractivity contribution < 1.29 is 8.42 Å². The number of sulfonamides is 1. The summed E-state index contributed by atoms with van der Waals surface area (Å²) in [5.41, 5.74) is 5.84. The molecule has 0 atom stereocenters. The fourth-order valence-electron chi connectivity index (χ4n) is 1.62. The summed E-state index contributed by atoms with van der Waals surface area (Å²) < 4.78 is 26.6. The SMILES string of the molecule is Cc1ccc(S(=O)(=O)Nc2ccccc(N)c2=O)cc1. The van der Waals surface area contributed by atoms with Gasteiger partial charge in [-0.1, -0.05) is 29.8 Å². The molecule has 0 aliphatic rings. The summed E-state index contributed by atoms with van der Waals surface area (Å²) >= 11 is 0. The van der Waals surface area contributed by atoms with Crippen molar-refractivity contribution in [3.63, 3.8) is 0 Å². The highest BCUT2D eigenvalue weighted by molar-refractivity contribution is 7.92. The molecule has 2 aromatic rings. The number of rotatable bonds is 3. The summed E-state index contributed by atoms with van der Waals surface area (Å²) in [7, 11) is -3.80. The van der Waals surface area contributed by atoms with Gasteiger partial charge in [-0.2, -0.15) is 0 Å². The van der Waals surface area contributed by atoms with Crippen LogP contribution in [0.15, 0.2) is 58.2 Å². The predicted octanol–water partition coefficient (Wildman–Crippen LogP) is 1.74. The minimum absolute atomic E-state index is 0.0170. The molecule has 0 aromatic heterocycles. The Bertz CT molecular complexity index is 784. The third-order valence-corrected chi connectivity index (χ3v) is 4.11. The van der Waals surface area contributed by atoms with Crippen LogP contribution < -0.4 is 15.9 Å². The fraction of sp³-hybridized carbons (Fsp3) is 0.0714. The number of hydrogen-bond acceptors (Lipinski definition) is 4. The van der Waals surface area contributed by atoms with Gasteiger partial charge in [0.15, 0.2) is 0 Å². The largest absolute Gasteiger partial charge is 0.396 e. The Kier molecular flexibility index (Phi) is 3.76. The summed E-state index contributed by atoms with van der Waals surface area (Å²) in [4.78, 5) is 12.0. The van der Waals surface area contributed by atoms with Crippen molar-refractivity contribution in [2.45, 2.75) is 11.8 Å². The van der Waals surface area contributed by atoms with Crippen molar-refractivity contribution in [2.24, 2.45) is 0 Å². The zero-order valence-corrected chi connectivity index (χ0v) is 11.6. The molecule has 0 saturated carbocycles. The highest BCUT2D eigenvalue weighted by Crippen LogP contribution is 2.14. The zero-order valence-electron chi connectivity index (χ0n) is 10.8. The minimum Gasteiger partial charge on any atom is -0.396 e. The van der Waals surface area contributed by atoms with E-state index < -0.39 is 15.5 Å². The molecule has 0 aliphatic heterocycles. The molecule has 0 heterocycles. The molecule has 0 aliphatic carbocycles. The van der Waals surface area contributed by atoms with Crippen molar-refractivity contribution in [2.75, 3.05) is 10.5 Å². The Morgan fingerprint density at radius 2 is 1.60 bits per heavy atom. The normalized spacial score (nSPS) is 11.1. The number of anilines is 2. The van der Waals surface area contributed by atoms with Gasteiger partial charge < -0.3 is 5.73 Å². The van der Waals surface area contributed by atoms with Gasteiger partial charge in [-0.05, 0) is 31.2 Å². The highest BCUT2D eigenvalue weighted by Gasteiger charge is 2.15. The molecule has 0 unspecified atom stereocenters. The Balaban J connectivity index is 2.44. The zero-order chi connectivity index (χ0) is 14.8. The first-order chi connectivity index (χ1) is 9.40. The maximum absolute atomic E-state index is 12.2. The lowest BCUT2D eigenvalue weighted by Gasteiger charge is -2.06. The van der Waals surface area contributed by atoms with Crippen LogP contribution in [0, 0.1) is 6.92 Å². The average Bonchev–Trinajstić information content (AvgIpc) is 2.55. The summed E-state index contributed by atoms with van der Waals surface area (Å²) in [5.74, 6) is 0. The molecule has 2 aromatic carbocycles. The van der Waals surface area contributed by atoms with E-state index >= 15 is 0 Å². The van der Waals surface area contributed by atoms with Crippen LogP contribution in [0.3, 0.4) is 0 Å². The van der Waals surface area contributed by atoms with Gasteiger partial charge >= 0.3 is 0 Å². The van der Waals surface area contributed by atoms with Crippen molar-refractivity contribution >= 4 is 21.4 Å². The van der Waals surface area contributed by atoms with E-state index in [1.54, 1.807) is 24.3 Å². The van der Waals surface area contributed by atoms with E-state index in [1.165, 1.54) is 24.3 Å². The molecule has 2 rings (SSSR count). The second-order valence-corrected chi connectivity index (χ2v) is 6.02. The van der Waals surface area contributed by atoms with Crippen molar-refractivity contribution in [3.8, 4) is 0 Å². The summed E-state index contributed by atoms with van der Waals surface area (Å²) in [6, 6.07) is 12.3. The van der Waals surface area contributed by atoms with Crippen LogP contribution in [0.1, 0.15) is 5.56 Å². The van der Waals surface area contributed by atoms with Gasteiger partial charge in [0.05, 0.1) is 16.3 Å². The second-order valence-electron chi connectivity index (χ2n) is 4.33. The average molecular weight is 290 g/mol. The van der Waals surface area contributed by atoms with Crippen LogP contribution in [-0.2, 0) is 10.0 Å². The van der Waals surface area contributed by atoms with Gasteiger partial charge in [-0.25, -0.2) is 8.42 Å². The van der Waals surface area contributed by atoms with Gasteiger partial charge in [-0.15, -0.1) is 0 Å². The first-order valence-corrected chi connectivity index (χ1v) is 7.37. The molecule has 0 bridgehead atoms. The lowest BCUT2D eigenvalue weighted by Crippen LogP contribution is -2.19. The van der Waals surface area contributed by atoms with Crippen molar-refractivity contribution in [1.29, 1.82) is 0 Å². The van der Waals surface area contributed by atoms with Crippen molar-refractivity contribution in [1.82, 2.24) is 0 Å². The lowest BCUT2D eigenvalue weighted by atomic mass is 10.2. The summed E-state index contributed by atoms with van der Waals surface area (Å²) in [6.07, 6.45) is 0. The monoisotopic (exact) mass is 290 g/mol. The predicted molar refractivity (Wildman–Crippen MR) is 79.1 cm³/mol. The molecular formula is C14H14N2O3S. The van der Waals surface area contributed by atoms with Crippen LogP contribution in [0.5, 0.6) is 0 Å². The van der Waals surface area contributed by atoms with E-state index in [0.29, 0.717) is 0 Å². The van der Waals surface area contributed by atoms with Gasteiger partial charge in [0.1, 0.15) is 0 Å². The van der Waals surface area contributed by atoms with E-state index in [1.807, 2.05) is 6.92 Å². The Morgan fingerprint density at radius 1 is 1.00 bits per heavy atom. The number of nitrogens with one attached hydrogen (secondary N) is 1. The Hall–Kier alpha value is -2.34. The quantitative estimate of drug-likeness (QED) is 0.901. The molecule has 5 nitrogen and oxygen atoms in total. The fourth-order valence-corrected chi connectivity index (χ4v) is 2.68. The highest BCUT2D eigenvalue weighted by atomic mass is 32.2. The molecule has 0 saturated heterocycles. The van der Waals surface area contributed by atoms with Gasteiger partial charge in [0.25, 0.3) is 10.0 Å². The Morgan fingerprint density at radius 3 is 2.25 bits per heavy atom. The number of hydrogen-bond donors (Lipinski definition) is 2. The van der Waals surface area contributed by atoms with Crippen LogP contribution in [-0.4, -0.2) is 8.42 Å². The van der Waals surface area contributed by atoms with Gasteiger partial charge in [0.2, 0.25) is 5.43 Å². The number of benzene rings is 1. The molecule has 0 fully saturated rings. The minimum atomic E-state index is -3.80. The van der Waals surface area contributed by atoms with Crippen LogP contribution >= 0.6 is 0 Å². The third kappa shape index (κ3) is 2.97. The van der Waals surface area contributed by atoms with E-state index in [4.69, 9.17) is 5.73 Å². The summed E-state index contributed by atoms with van der Waals surface area (Å²) in [6.45, 7) is 1.86. The molecule has 104 valence electrons. The van der Waals surface area contributed by atoms with E-state index in [2.05, 4.69) is 4.72 Å². The standard InChI is InChI=1S/C14H14N2O3S/c1-10-6-8-11(9-7-10)20(18,19)16-13-5-3-2-4-12(15)14(13)17/h2-9H,1H3,(H3,15,16,17). The number of nitrogens with two attached hydrogens (primary N) is 1. The number of aryl methyl sites for hydroxylation is 1. The maximum Gasteiger partial charge on any atom is 0.262 e. The number of nitrogen functional groups attached to an aromatic ring is 1. The van der Waals surface area contributed by atoms with Gasteiger partial charge in [0, 0.05) is 0 Å².